The summed E-state index contributed by atoms with van der Waals surface area (Å²) in [7, 11) is 2.41. The van der Waals surface area contributed by atoms with Crippen LogP contribution in [0.4, 0.5) is 0 Å². The third-order valence-corrected chi connectivity index (χ3v) is 6.02. The Balaban J connectivity index is 2.26. The lowest BCUT2D eigenvalue weighted by molar-refractivity contribution is -0.163. The number of carbonyl (C=O) groups is 3. The molecule has 0 amide bonds. The fraction of sp³-hybridized carbons (Fsp3) is 0.318. The normalized spacial score (nSPS) is 22.2. The van der Waals surface area contributed by atoms with E-state index in [0.29, 0.717) is 16.1 Å². The summed E-state index contributed by atoms with van der Waals surface area (Å²) in [5, 5.41) is 0.516. The molecule has 0 heterocycles. The Kier molecular flexibility index (Phi) is 5.31. The molecule has 0 bridgehead atoms. The molecule has 2 aromatic carbocycles. The first-order valence-electron chi connectivity index (χ1n) is 8.93. The highest BCUT2D eigenvalue weighted by atomic mass is 35.5. The van der Waals surface area contributed by atoms with Crippen molar-refractivity contribution in [2.75, 3.05) is 14.2 Å². The number of Topliss-reactive ketones (excluding diaryl/α,β-unsaturated/α-hetero) is 1. The summed E-state index contributed by atoms with van der Waals surface area (Å²) in [6, 6.07) is 15.4. The van der Waals surface area contributed by atoms with E-state index in [0.717, 1.165) is 0 Å². The van der Waals surface area contributed by atoms with E-state index in [2.05, 4.69) is 0 Å². The maximum Gasteiger partial charge on any atom is 0.324 e. The summed E-state index contributed by atoms with van der Waals surface area (Å²) < 4.78 is 10.0. The molecule has 0 N–H and O–H groups in total. The van der Waals surface area contributed by atoms with Crippen LogP contribution in [0, 0.1) is 10.8 Å². The standard InChI is InChI=1S/C22H21ClO5/c1-4-21(18(24)15-8-6-5-7-9-15)17(14-10-12-16(23)13-11-14)22(21,19(25)27-2)20(26)28-3/h5-13,17H,4H2,1-3H3/t17-,21-/m0/s1. The molecular weight excluding hydrogens is 380 g/mol. The zero-order valence-corrected chi connectivity index (χ0v) is 16.7. The van der Waals surface area contributed by atoms with Gasteiger partial charge in [-0.15, -0.1) is 0 Å². The Morgan fingerprint density at radius 3 is 1.93 bits per heavy atom. The van der Waals surface area contributed by atoms with Gasteiger partial charge in [0.15, 0.2) is 11.2 Å². The fourth-order valence-electron chi connectivity index (χ4n) is 4.53. The van der Waals surface area contributed by atoms with Crippen molar-refractivity contribution in [3.63, 3.8) is 0 Å². The summed E-state index contributed by atoms with van der Waals surface area (Å²) in [6.07, 6.45) is 0.262. The molecule has 1 aliphatic rings. The Morgan fingerprint density at radius 1 is 0.929 bits per heavy atom. The maximum atomic E-state index is 13.6. The number of methoxy groups -OCH3 is 2. The van der Waals surface area contributed by atoms with Gasteiger partial charge in [0.25, 0.3) is 0 Å². The molecule has 1 fully saturated rings. The first-order valence-corrected chi connectivity index (χ1v) is 9.31. The molecule has 0 spiro atoms. The summed E-state index contributed by atoms with van der Waals surface area (Å²) in [5.41, 5.74) is -1.96. The summed E-state index contributed by atoms with van der Waals surface area (Å²) in [6.45, 7) is 1.79. The van der Waals surface area contributed by atoms with E-state index in [1.807, 2.05) is 0 Å². The van der Waals surface area contributed by atoms with Gasteiger partial charge < -0.3 is 9.47 Å². The predicted molar refractivity (Wildman–Crippen MR) is 104 cm³/mol. The second-order valence-corrected chi connectivity index (χ2v) is 7.23. The van der Waals surface area contributed by atoms with Crippen LogP contribution in [0.1, 0.15) is 35.2 Å². The Hall–Kier alpha value is -2.66. The van der Waals surface area contributed by atoms with Crippen LogP contribution < -0.4 is 0 Å². The number of hydrogen-bond donors (Lipinski definition) is 0. The molecule has 146 valence electrons. The molecule has 0 saturated heterocycles. The van der Waals surface area contributed by atoms with Crippen molar-refractivity contribution in [3.05, 3.63) is 70.7 Å². The number of esters is 2. The van der Waals surface area contributed by atoms with Gasteiger partial charge in [-0.2, -0.15) is 0 Å². The van der Waals surface area contributed by atoms with E-state index in [1.54, 1.807) is 61.5 Å². The lowest BCUT2D eigenvalue weighted by Gasteiger charge is -2.20. The van der Waals surface area contributed by atoms with Gasteiger partial charge in [0.1, 0.15) is 0 Å². The number of hydrogen-bond acceptors (Lipinski definition) is 5. The first kappa shape index (κ1) is 20.1. The second kappa shape index (κ2) is 7.40. The van der Waals surface area contributed by atoms with Crippen molar-refractivity contribution >= 4 is 29.3 Å². The Bertz CT molecular complexity index is 890. The van der Waals surface area contributed by atoms with E-state index >= 15 is 0 Å². The first-order chi connectivity index (χ1) is 13.4. The Labute approximate surface area is 168 Å². The second-order valence-electron chi connectivity index (χ2n) is 6.80. The number of benzene rings is 2. The van der Waals surface area contributed by atoms with E-state index < -0.39 is 28.7 Å². The summed E-state index contributed by atoms with van der Waals surface area (Å²) >= 11 is 6.00. The molecule has 2 aromatic rings. The number of halogens is 1. The van der Waals surface area contributed by atoms with Gasteiger partial charge in [0.05, 0.1) is 19.6 Å². The molecule has 0 unspecified atom stereocenters. The minimum atomic E-state index is -1.74. The van der Waals surface area contributed by atoms with Crippen molar-refractivity contribution in [2.24, 2.45) is 10.8 Å². The number of carbonyl (C=O) groups excluding carboxylic acids is 3. The van der Waals surface area contributed by atoms with E-state index in [4.69, 9.17) is 21.1 Å². The average molecular weight is 401 g/mol. The lowest BCUT2D eigenvalue weighted by atomic mass is 9.83. The van der Waals surface area contributed by atoms with Crippen LogP contribution >= 0.6 is 11.6 Å². The highest BCUT2D eigenvalue weighted by Gasteiger charge is 2.88. The van der Waals surface area contributed by atoms with Crippen molar-refractivity contribution in [1.82, 2.24) is 0 Å². The average Bonchev–Trinajstić information content (AvgIpc) is 3.38. The molecule has 28 heavy (non-hydrogen) atoms. The molecular formula is C22H21ClO5. The minimum absolute atomic E-state index is 0.262. The molecule has 3 rings (SSSR count). The molecule has 1 aliphatic carbocycles. The Morgan fingerprint density at radius 2 is 1.46 bits per heavy atom. The van der Waals surface area contributed by atoms with Crippen molar-refractivity contribution < 1.29 is 23.9 Å². The number of ether oxygens (including phenoxy) is 2. The molecule has 5 nitrogen and oxygen atoms in total. The zero-order chi connectivity index (χ0) is 20.5. The third kappa shape index (κ3) is 2.57. The van der Waals surface area contributed by atoms with Gasteiger partial charge in [-0.3, -0.25) is 14.4 Å². The van der Waals surface area contributed by atoms with Gasteiger partial charge in [0, 0.05) is 16.5 Å². The molecule has 6 heteroatoms. The SMILES string of the molecule is CC[C@@]1(C(=O)c2ccccc2)[C@H](c2ccc(Cl)cc2)C1(C(=O)OC)C(=O)OC. The fourth-order valence-corrected chi connectivity index (χ4v) is 4.66. The molecule has 0 aromatic heterocycles. The number of ketones is 1. The molecule has 0 aliphatic heterocycles. The third-order valence-electron chi connectivity index (χ3n) is 5.76. The van der Waals surface area contributed by atoms with E-state index in [1.165, 1.54) is 14.2 Å². The number of rotatable bonds is 6. The van der Waals surface area contributed by atoms with E-state index in [-0.39, 0.29) is 12.2 Å². The van der Waals surface area contributed by atoms with Crippen molar-refractivity contribution in [2.45, 2.75) is 19.3 Å². The molecule has 0 radical (unpaired) electrons. The van der Waals surface area contributed by atoms with Crippen LogP contribution in [0.15, 0.2) is 54.6 Å². The van der Waals surface area contributed by atoms with Gasteiger partial charge in [-0.1, -0.05) is 61.0 Å². The van der Waals surface area contributed by atoms with Crippen LogP contribution in [0.25, 0.3) is 0 Å². The van der Waals surface area contributed by atoms with Gasteiger partial charge in [0.2, 0.25) is 0 Å². The van der Waals surface area contributed by atoms with Gasteiger partial charge in [-0.25, -0.2) is 0 Å². The van der Waals surface area contributed by atoms with Crippen LogP contribution in [-0.4, -0.2) is 31.9 Å². The van der Waals surface area contributed by atoms with Gasteiger partial charge >= 0.3 is 11.9 Å². The molecule has 1 saturated carbocycles. The summed E-state index contributed by atoms with van der Waals surface area (Å²) in [4.78, 5) is 39.5. The minimum Gasteiger partial charge on any atom is -0.468 e. The quantitative estimate of drug-likeness (QED) is 0.415. The zero-order valence-electron chi connectivity index (χ0n) is 15.9. The molecule has 2 atom stereocenters. The smallest absolute Gasteiger partial charge is 0.324 e. The highest BCUT2D eigenvalue weighted by Crippen LogP contribution is 2.77. The summed E-state index contributed by atoms with van der Waals surface area (Å²) in [5.74, 6) is -2.54. The van der Waals surface area contributed by atoms with E-state index in [9.17, 15) is 14.4 Å². The predicted octanol–water partition coefficient (Wildman–Crippen LogP) is 4.05. The topological polar surface area (TPSA) is 69.7 Å². The van der Waals surface area contributed by atoms with Crippen LogP contribution in [-0.2, 0) is 19.1 Å². The van der Waals surface area contributed by atoms with Crippen LogP contribution in [0.5, 0.6) is 0 Å². The van der Waals surface area contributed by atoms with Crippen LogP contribution in [0.3, 0.4) is 0 Å². The lowest BCUT2D eigenvalue weighted by Crippen LogP contribution is -2.37. The van der Waals surface area contributed by atoms with Crippen molar-refractivity contribution in [1.29, 1.82) is 0 Å². The van der Waals surface area contributed by atoms with Crippen molar-refractivity contribution in [3.8, 4) is 0 Å². The highest BCUT2D eigenvalue weighted by molar-refractivity contribution is 6.30. The van der Waals surface area contributed by atoms with Crippen LogP contribution in [0.2, 0.25) is 5.02 Å². The van der Waals surface area contributed by atoms with Gasteiger partial charge in [-0.05, 0) is 24.1 Å². The maximum absolute atomic E-state index is 13.6. The monoisotopic (exact) mass is 400 g/mol. The largest absolute Gasteiger partial charge is 0.468 e.